The van der Waals surface area contributed by atoms with E-state index in [9.17, 15) is 17.6 Å². The first-order valence-corrected chi connectivity index (χ1v) is 7.29. The van der Waals surface area contributed by atoms with Gasteiger partial charge in [0.25, 0.3) is 0 Å². The Hall–Kier alpha value is -0.990. The highest BCUT2D eigenvalue weighted by atomic mass is 79.9. The van der Waals surface area contributed by atoms with Crippen molar-refractivity contribution in [2.45, 2.75) is 11.3 Å². The second-order valence-corrected chi connectivity index (χ2v) is 6.02. The van der Waals surface area contributed by atoms with Crippen molar-refractivity contribution >= 4 is 31.9 Å². The molecule has 5 nitrogen and oxygen atoms in total. The molecule has 1 rings (SSSR count). The van der Waals surface area contributed by atoms with Crippen molar-refractivity contribution < 1.29 is 17.6 Å². The van der Waals surface area contributed by atoms with E-state index in [1.807, 2.05) is 0 Å². The first kappa shape index (κ1) is 15.1. The van der Waals surface area contributed by atoms with E-state index in [1.165, 1.54) is 19.2 Å². The number of hydrogen-bond donors (Lipinski definition) is 2. The first-order valence-electron chi connectivity index (χ1n) is 5.02. The number of amides is 1. The number of carbonyl (C=O) groups excluding carboxylic acids is 1. The molecule has 0 aromatic heterocycles. The number of halogens is 2. The predicted octanol–water partition coefficient (Wildman–Crippen LogP) is 1.00. The van der Waals surface area contributed by atoms with Crippen LogP contribution in [0, 0.1) is 5.82 Å². The van der Waals surface area contributed by atoms with E-state index in [4.69, 9.17) is 0 Å². The lowest BCUT2D eigenvalue weighted by Crippen LogP contribution is -2.29. The Morgan fingerprint density at radius 1 is 1.44 bits per heavy atom. The number of rotatable bonds is 5. The Balaban J connectivity index is 2.74. The van der Waals surface area contributed by atoms with E-state index in [-0.39, 0.29) is 28.2 Å². The lowest BCUT2D eigenvalue weighted by molar-refractivity contribution is -0.120. The molecule has 0 fully saturated rings. The highest BCUT2D eigenvalue weighted by Gasteiger charge is 2.15. The molecule has 0 aliphatic heterocycles. The molecular weight excluding hydrogens is 327 g/mol. The van der Waals surface area contributed by atoms with Gasteiger partial charge in [0.05, 0.1) is 9.37 Å². The van der Waals surface area contributed by atoms with Crippen molar-refractivity contribution in [3.8, 4) is 0 Å². The largest absolute Gasteiger partial charge is 0.359 e. The smallest absolute Gasteiger partial charge is 0.240 e. The van der Waals surface area contributed by atoms with Crippen LogP contribution in [0.15, 0.2) is 27.6 Å². The summed E-state index contributed by atoms with van der Waals surface area (Å²) in [6, 6.07) is 3.49. The molecule has 0 atom stereocenters. The minimum atomic E-state index is -3.79. The lowest BCUT2D eigenvalue weighted by Gasteiger charge is -2.06. The van der Waals surface area contributed by atoms with E-state index in [1.54, 1.807) is 0 Å². The molecule has 0 bridgehead atoms. The lowest BCUT2D eigenvalue weighted by atomic mass is 10.3. The molecular formula is C10H12BrFN2O3S. The maximum Gasteiger partial charge on any atom is 0.240 e. The topological polar surface area (TPSA) is 75.3 Å². The van der Waals surface area contributed by atoms with Crippen LogP contribution in [-0.2, 0) is 14.8 Å². The number of benzene rings is 1. The normalized spacial score (nSPS) is 11.3. The molecule has 0 spiro atoms. The van der Waals surface area contributed by atoms with Crippen molar-refractivity contribution in [2.75, 3.05) is 13.6 Å². The Bertz CT molecular complexity index is 548. The van der Waals surface area contributed by atoms with Gasteiger partial charge in [0.1, 0.15) is 5.82 Å². The van der Waals surface area contributed by atoms with Crippen LogP contribution in [0.2, 0.25) is 0 Å². The second-order valence-electron chi connectivity index (χ2n) is 3.40. The Morgan fingerprint density at radius 3 is 2.67 bits per heavy atom. The molecule has 0 aliphatic rings. The molecule has 1 aromatic rings. The van der Waals surface area contributed by atoms with Crippen LogP contribution in [0.5, 0.6) is 0 Å². The summed E-state index contributed by atoms with van der Waals surface area (Å²) >= 11 is 2.93. The van der Waals surface area contributed by atoms with Gasteiger partial charge in [-0.05, 0) is 34.1 Å². The molecule has 0 unspecified atom stereocenters. The molecule has 0 aliphatic carbocycles. The van der Waals surface area contributed by atoms with Crippen LogP contribution < -0.4 is 10.0 Å². The maximum absolute atomic E-state index is 13.2. The third kappa shape index (κ3) is 4.04. The fourth-order valence-corrected chi connectivity index (χ4v) is 2.44. The highest BCUT2D eigenvalue weighted by Crippen LogP contribution is 2.19. The van der Waals surface area contributed by atoms with E-state index >= 15 is 0 Å². The summed E-state index contributed by atoms with van der Waals surface area (Å²) in [6.07, 6.45) is 0.0226. The summed E-state index contributed by atoms with van der Waals surface area (Å²) < 4.78 is 39.1. The zero-order valence-electron chi connectivity index (χ0n) is 9.54. The van der Waals surface area contributed by atoms with E-state index < -0.39 is 15.8 Å². The van der Waals surface area contributed by atoms with Crippen LogP contribution in [0.1, 0.15) is 6.42 Å². The molecule has 1 amide bonds. The van der Waals surface area contributed by atoms with Gasteiger partial charge >= 0.3 is 0 Å². The zero-order chi connectivity index (χ0) is 13.8. The molecule has 18 heavy (non-hydrogen) atoms. The fraction of sp³-hybridized carbons (Fsp3) is 0.300. The Kier molecular flexibility index (Phi) is 5.24. The van der Waals surface area contributed by atoms with Crippen molar-refractivity contribution in [3.05, 3.63) is 28.5 Å². The molecule has 0 saturated carbocycles. The summed E-state index contributed by atoms with van der Waals surface area (Å²) in [5.41, 5.74) is 0. The molecule has 8 heteroatoms. The minimum Gasteiger partial charge on any atom is -0.359 e. The number of hydrogen-bond acceptors (Lipinski definition) is 3. The van der Waals surface area contributed by atoms with Crippen molar-refractivity contribution in [1.82, 2.24) is 10.0 Å². The van der Waals surface area contributed by atoms with Crippen molar-refractivity contribution in [2.24, 2.45) is 0 Å². The number of nitrogens with one attached hydrogen (secondary N) is 2. The van der Waals surface area contributed by atoms with Crippen LogP contribution in [0.4, 0.5) is 4.39 Å². The average molecular weight is 339 g/mol. The average Bonchev–Trinajstić information content (AvgIpc) is 2.32. The summed E-state index contributed by atoms with van der Waals surface area (Å²) in [6.45, 7) is -0.0420. The predicted molar refractivity (Wildman–Crippen MR) is 68.0 cm³/mol. The first-order chi connectivity index (χ1) is 8.36. The molecule has 100 valence electrons. The van der Waals surface area contributed by atoms with Crippen LogP contribution in [0.3, 0.4) is 0 Å². The minimum absolute atomic E-state index is 0.0226. The third-order valence-corrected chi connectivity index (χ3v) is 4.23. The standard InChI is InChI=1S/C10H12BrFN2O3S/c1-13-10(15)4-5-14-18(16,17)7-2-3-8(11)9(12)6-7/h2-3,6,14H,4-5H2,1H3,(H,13,15). The van der Waals surface area contributed by atoms with Gasteiger partial charge in [-0.15, -0.1) is 0 Å². The monoisotopic (exact) mass is 338 g/mol. The molecule has 0 heterocycles. The van der Waals surface area contributed by atoms with Crippen LogP contribution >= 0.6 is 15.9 Å². The molecule has 2 N–H and O–H groups in total. The SMILES string of the molecule is CNC(=O)CCNS(=O)(=O)c1ccc(Br)c(F)c1. The van der Waals surface area contributed by atoms with Gasteiger partial charge in [-0.2, -0.15) is 0 Å². The summed E-state index contributed by atoms with van der Waals surface area (Å²) in [5.74, 6) is -0.941. The van der Waals surface area contributed by atoms with Gasteiger partial charge in [-0.3, -0.25) is 4.79 Å². The Morgan fingerprint density at radius 2 is 2.11 bits per heavy atom. The summed E-state index contributed by atoms with van der Waals surface area (Å²) in [7, 11) is -2.34. The van der Waals surface area contributed by atoms with Gasteiger partial charge in [-0.1, -0.05) is 0 Å². The quantitative estimate of drug-likeness (QED) is 0.841. The molecule has 0 saturated heterocycles. The van der Waals surface area contributed by atoms with Gasteiger partial charge < -0.3 is 5.32 Å². The van der Waals surface area contributed by atoms with Gasteiger partial charge in [0.15, 0.2) is 0 Å². The zero-order valence-corrected chi connectivity index (χ0v) is 11.9. The van der Waals surface area contributed by atoms with Gasteiger partial charge in [-0.25, -0.2) is 17.5 Å². The number of carbonyl (C=O) groups is 1. The number of sulfonamides is 1. The molecule has 0 radical (unpaired) electrons. The second kappa shape index (κ2) is 6.26. The van der Waals surface area contributed by atoms with Crippen molar-refractivity contribution in [1.29, 1.82) is 0 Å². The highest BCUT2D eigenvalue weighted by molar-refractivity contribution is 9.10. The summed E-state index contributed by atoms with van der Waals surface area (Å²) in [5, 5.41) is 2.37. The molecule has 1 aromatic carbocycles. The van der Waals surface area contributed by atoms with Crippen molar-refractivity contribution in [3.63, 3.8) is 0 Å². The van der Waals surface area contributed by atoms with E-state index in [0.29, 0.717) is 0 Å². The van der Waals surface area contributed by atoms with E-state index in [2.05, 4.69) is 26.0 Å². The Labute approximate surface area is 113 Å². The third-order valence-electron chi connectivity index (χ3n) is 2.12. The van der Waals surface area contributed by atoms with Gasteiger partial charge in [0.2, 0.25) is 15.9 Å². The van der Waals surface area contributed by atoms with E-state index in [0.717, 1.165) is 6.07 Å². The maximum atomic E-state index is 13.2. The van der Waals surface area contributed by atoms with Gasteiger partial charge in [0, 0.05) is 20.0 Å². The summed E-state index contributed by atoms with van der Waals surface area (Å²) in [4.78, 5) is 10.7. The van der Waals surface area contributed by atoms with Crippen LogP contribution in [-0.4, -0.2) is 27.9 Å². The fourth-order valence-electron chi connectivity index (χ4n) is 1.15. The van der Waals surface area contributed by atoms with Crippen LogP contribution in [0.25, 0.3) is 0 Å².